The molecule has 0 spiro atoms. The van der Waals surface area contributed by atoms with Crippen LogP contribution in [0.5, 0.6) is 5.88 Å². The number of benzene rings is 1. The van der Waals surface area contributed by atoms with Gasteiger partial charge in [0.25, 0.3) is 6.43 Å². The van der Waals surface area contributed by atoms with E-state index in [1.807, 2.05) is 12.1 Å². The second-order valence-electron chi connectivity index (χ2n) is 4.03. The van der Waals surface area contributed by atoms with Crippen molar-refractivity contribution < 1.29 is 13.9 Å². The van der Waals surface area contributed by atoms with E-state index in [9.17, 15) is 18.7 Å². The van der Waals surface area contributed by atoms with Crippen molar-refractivity contribution in [3.63, 3.8) is 0 Å². The monoisotopic (exact) mass is 332 g/mol. The summed E-state index contributed by atoms with van der Waals surface area (Å²) in [5, 5.41) is 9.48. The molecule has 0 aliphatic carbocycles. The zero-order valence-corrected chi connectivity index (χ0v) is 11.3. The summed E-state index contributed by atoms with van der Waals surface area (Å²) in [6, 6.07) is 7.24. The van der Waals surface area contributed by atoms with Crippen LogP contribution in [0.25, 0.3) is 0 Å². The molecule has 19 heavy (non-hydrogen) atoms. The number of aromatic nitrogens is 2. The predicted molar refractivity (Wildman–Crippen MR) is 69.6 cm³/mol. The van der Waals surface area contributed by atoms with E-state index in [0.29, 0.717) is 4.57 Å². The molecule has 0 aliphatic heterocycles. The van der Waals surface area contributed by atoms with Crippen LogP contribution < -0.4 is 5.69 Å². The number of hydrogen-bond acceptors (Lipinski definition) is 2. The molecule has 0 saturated carbocycles. The van der Waals surface area contributed by atoms with Crippen LogP contribution in [0, 0.1) is 0 Å². The van der Waals surface area contributed by atoms with Gasteiger partial charge in [-0.15, -0.1) is 0 Å². The van der Waals surface area contributed by atoms with Gasteiger partial charge >= 0.3 is 5.69 Å². The number of aromatic hydroxyl groups is 1. The van der Waals surface area contributed by atoms with Gasteiger partial charge in [-0.2, -0.15) is 0 Å². The van der Waals surface area contributed by atoms with E-state index in [2.05, 4.69) is 15.9 Å². The third kappa shape index (κ3) is 3.23. The van der Waals surface area contributed by atoms with Crippen molar-refractivity contribution in [1.29, 1.82) is 0 Å². The normalized spacial score (nSPS) is 11.2. The van der Waals surface area contributed by atoms with Crippen LogP contribution in [0.2, 0.25) is 0 Å². The molecule has 1 heterocycles. The molecule has 0 bridgehead atoms. The van der Waals surface area contributed by atoms with Crippen LogP contribution in [0.4, 0.5) is 8.78 Å². The van der Waals surface area contributed by atoms with Gasteiger partial charge in [-0.1, -0.05) is 28.1 Å². The SMILES string of the molecule is O=c1n(Cc2ccc(Br)cc2)cc(O)n1CC(F)F. The second-order valence-corrected chi connectivity index (χ2v) is 4.94. The highest BCUT2D eigenvalue weighted by atomic mass is 79.9. The fourth-order valence-corrected chi connectivity index (χ4v) is 1.99. The first-order valence-corrected chi connectivity index (χ1v) is 6.28. The fourth-order valence-electron chi connectivity index (χ4n) is 1.73. The minimum Gasteiger partial charge on any atom is -0.493 e. The summed E-state index contributed by atoms with van der Waals surface area (Å²) in [6.07, 6.45) is -1.53. The molecular weight excluding hydrogens is 322 g/mol. The maximum Gasteiger partial charge on any atom is 0.331 e. The Morgan fingerprint density at radius 1 is 1.26 bits per heavy atom. The Labute approximate surface area is 116 Å². The van der Waals surface area contributed by atoms with Gasteiger partial charge in [0, 0.05) is 4.47 Å². The van der Waals surface area contributed by atoms with Gasteiger partial charge in [0.1, 0.15) is 0 Å². The average Bonchev–Trinajstić information content (AvgIpc) is 2.60. The molecule has 1 aromatic carbocycles. The smallest absolute Gasteiger partial charge is 0.331 e. The quantitative estimate of drug-likeness (QED) is 0.934. The Bertz CT molecular complexity index is 620. The first-order valence-electron chi connectivity index (χ1n) is 5.49. The lowest BCUT2D eigenvalue weighted by atomic mass is 10.2. The minimum absolute atomic E-state index is 0.218. The summed E-state index contributed by atoms with van der Waals surface area (Å²) in [4.78, 5) is 11.8. The van der Waals surface area contributed by atoms with E-state index < -0.39 is 24.5 Å². The second kappa shape index (κ2) is 5.56. The Hall–Kier alpha value is -1.63. The lowest BCUT2D eigenvalue weighted by Crippen LogP contribution is -2.26. The molecule has 0 amide bonds. The zero-order valence-electron chi connectivity index (χ0n) is 9.76. The van der Waals surface area contributed by atoms with Crippen LogP contribution in [-0.4, -0.2) is 20.7 Å². The van der Waals surface area contributed by atoms with E-state index in [4.69, 9.17) is 0 Å². The lowest BCUT2D eigenvalue weighted by molar-refractivity contribution is 0.121. The number of rotatable bonds is 4. The summed E-state index contributed by atoms with van der Waals surface area (Å²) in [5.41, 5.74) is 0.181. The highest BCUT2D eigenvalue weighted by molar-refractivity contribution is 9.10. The summed E-state index contributed by atoms with van der Waals surface area (Å²) >= 11 is 3.29. The molecule has 0 radical (unpaired) electrons. The van der Waals surface area contributed by atoms with Crippen molar-refractivity contribution in [3.05, 3.63) is 51.0 Å². The topological polar surface area (TPSA) is 47.2 Å². The van der Waals surface area contributed by atoms with Crippen molar-refractivity contribution in [3.8, 4) is 5.88 Å². The highest BCUT2D eigenvalue weighted by Gasteiger charge is 2.14. The van der Waals surface area contributed by atoms with Gasteiger partial charge in [0.05, 0.1) is 19.3 Å². The summed E-state index contributed by atoms with van der Waals surface area (Å²) in [7, 11) is 0. The third-order valence-corrected chi connectivity index (χ3v) is 3.14. The van der Waals surface area contributed by atoms with Crippen molar-refractivity contribution in [1.82, 2.24) is 9.13 Å². The average molecular weight is 333 g/mol. The third-order valence-electron chi connectivity index (χ3n) is 2.61. The highest BCUT2D eigenvalue weighted by Crippen LogP contribution is 2.13. The molecule has 0 atom stereocenters. The molecule has 1 aromatic heterocycles. The Kier molecular flexibility index (Phi) is 4.04. The maximum atomic E-state index is 12.3. The van der Waals surface area contributed by atoms with Gasteiger partial charge in [-0.05, 0) is 17.7 Å². The Morgan fingerprint density at radius 2 is 1.89 bits per heavy atom. The molecule has 4 nitrogen and oxygen atoms in total. The standard InChI is InChI=1S/C12H11BrF2N2O2/c13-9-3-1-8(2-4-9)5-16-7-11(18)17(12(16)19)6-10(14)15/h1-4,7,10,18H,5-6H2. The number of halogens is 3. The molecule has 0 unspecified atom stereocenters. The predicted octanol–water partition coefficient (Wildman–Crippen LogP) is 2.43. The molecule has 0 aliphatic rings. The molecule has 2 aromatic rings. The van der Waals surface area contributed by atoms with E-state index >= 15 is 0 Å². The van der Waals surface area contributed by atoms with Gasteiger partial charge in [-0.25, -0.2) is 13.6 Å². The molecule has 0 saturated heterocycles. The van der Waals surface area contributed by atoms with E-state index in [0.717, 1.165) is 16.2 Å². The fraction of sp³-hybridized carbons (Fsp3) is 0.250. The Morgan fingerprint density at radius 3 is 2.47 bits per heavy atom. The van der Waals surface area contributed by atoms with E-state index in [1.165, 1.54) is 4.57 Å². The van der Waals surface area contributed by atoms with Crippen LogP contribution in [0.3, 0.4) is 0 Å². The van der Waals surface area contributed by atoms with Gasteiger partial charge in [0.2, 0.25) is 5.88 Å². The van der Waals surface area contributed by atoms with E-state index in [-0.39, 0.29) is 6.54 Å². The number of nitrogens with zero attached hydrogens (tertiary/aromatic N) is 2. The molecule has 0 fully saturated rings. The number of alkyl halides is 2. The zero-order chi connectivity index (χ0) is 14.0. The van der Waals surface area contributed by atoms with E-state index in [1.54, 1.807) is 12.1 Å². The van der Waals surface area contributed by atoms with Crippen molar-refractivity contribution in [2.45, 2.75) is 19.5 Å². The van der Waals surface area contributed by atoms with Crippen LogP contribution in [-0.2, 0) is 13.1 Å². The van der Waals surface area contributed by atoms with Gasteiger partial charge in [-0.3, -0.25) is 9.13 Å². The summed E-state index contributed by atoms with van der Waals surface area (Å²) in [6.45, 7) is -0.589. The largest absolute Gasteiger partial charge is 0.493 e. The first kappa shape index (κ1) is 13.8. The number of imidazole rings is 1. The van der Waals surface area contributed by atoms with Crippen LogP contribution >= 0.6 is 15.9 Å². The maximum absolute atomic E-state index is 12.3. The minimum atomic E-state index is -2.69. The van der Waals surface area contributed by atoms with Gasteiger partial charge < -0.3 is 5.11 Å². The van der Waals surface area contributed by atoms with Crippen LogP contribution in [0.1, 0.15) is 5.56 Å². The molecule has 102 valence electrons. The molecule has 2 rings (SSSR count). The molecular formula is C12H11BrF2N2O2. The lowest BCUT2D eigenvalue weighted by Gasteiger charge is -2.02. The number of hydrogen-bond donors (Lipinski definition) is 1. The van der Waals surface area contributed by atoms with Crippen molar-refractivity contribution in [2.75, 3.05) is 0 Å². The molecule has 7 heteroatoms. The first-order chi connectivity index (χ1) is 8.97. The van der Waals surface area contributed by atoms with Crippen molar-refractivity contribution >= 4 is 15.9 Å². The molecule has 1 N–H and O–H groups in total. The van der Waals surface area contributed by atoms with Gasteiger partial charge in [0.15, 0.2) is 0 Å². The van der Waals surface area contributed by atoms with Crippen molar-refractivity contribution in [2.24, 2.45) is 0 Å². The summed E-state index contributed by atoms with van der Waals surface area (Å²) in [5.74, 6) is -0.456. The van der Waals surface area contributed by atoms with Crippen LogP contribution in [0.15, 0.2) is 39.7 Å². The summed E-state index contributed by atoms with van der Waals surface area (Å²) < 4.78 is 27.3. The Balaban J connectivity index is 2.26.